The fourth-order valence-electron chi connectivity index (χ4n) is 1.36. The Hall–Kier alpha value is -1.39. The lowest BCUT2D eigenvalue weighted by atomic mass is 10.2. The minimum absolute atomic E-state index is 0.104. The summed E-state index contributed by atoms with van der Waals surface area (Å²) in [6, 6.07) is 7.74. The van der Waals surface area contributed by atoms with Gasteiger partial charge < -0.3 is 15.4 Å². The third-order valence-electron chi connectivity index (χ3n) is 2.03. The van der Waals surface area contributed by atoms with E-state index in [2.05, 4.69) is 10.6 Å². The molecule has 1 aromatic carbocycles. The second kappa shape index (κ2) is 6.98. The van der Waals surface area contributed by atoms with Gasteiger partial charge in [0.1, 0.15) is 6.61 Å². The quantitative estimate of drug-likeness (QED) is 0.764. The van der Waals surface area contributed by atoms with E-state index in [1.807, 2.05) is 38.2 Å². The molecule has 0 saturated heterocycles. The van der Waals surface area contributed by atoms with Gasteiger partial charge in [-0.25, -0.2) is 0 Å². The minimum atomic E-state index is -0.122. The highest BCUT2D eigenvalue weighted by Gasteiger charge is 2.02. The molecule has 0 aliphatic carbocycles. The zero-order chi connectivity index (χ0) is 11.8. The highest BCUT2D eigenvalue weighted by atomic mass is 16.5. The van der Waals surface area contributed by atoms with E-state index in [4.69, 9.17) is 4.74 Å². The summed E-state index contributed by atoms with van der Waals surface area (Å²) >= 11 is 0. The Balaban J connectivity index is 2.52. The summed E-state index contributed by atoms with van der Waals surface area (Å²) < 4.78 is 5.02. The smallest absolute Gasteiger partial charge is 0.250 e. The molecule has 0 fully saturated rings. The van der Waals surface area contributed by atoms with Crippen LogP contribution in [-0.2, 0) is 16.1 Å². The number of carbonyl (C=O) groups is 1. The molecule has 1 amide bonds. The fourth-order valence-corrected chi connectivity index (χ4v) is 1.36. The van der Waals surface area contributed by atoms with Gasteiger partial charge in [0, 0.05) is 18.8 Å². The first-order valence-corrected chi connectivity index (χ1v) is 5.37. The molecule has 88 valence electrons. The van der Waals surface area contributed by atoms with Gasteiger partial charge in [0.25, 0.3) is 0 Å². The maximum Gasteiger partial charge on any atom is 0.250 e. The zero-order valence-corrected chi connectivity index (χ0v) is 9.75. The Morgan fingerprint density at radius 3 is 2.94 bits per heavy atom. The van der Waals surface area contributed by atoms with Crippen LogP contribution in [0.2, 0.25) is 0 Å². The maximum atomic E-state index is 11.4. The van der Waals surface area contributed by atoms with Crippen LogP contribution >= 0.6 is 0 Å². The van der Waals surface area contributed by atoms with Crippen LogP contribution < -0.4 is 10.6 Å². The van der Waals surface area contributed by atoms with Crippen molar-refractivity contribution in [1.29, 1.82) is 0 Å². The summed E-state index contributed by atoms with van der Waals surface area (Å²) in [5.74, 6) is -0.122. The normalized spacial score (nSPS) is 10.1. The van der Waals surface area contributed by atoms with Gasteiger partial charge in [-0.05, 0) is 31.7 Å². The lowest BCUT2D eigenvalue weighted by molar-refractivity contribution is -0.120. The van der Waals surface area contributed by atoms with Gasteiger partial charge in [-0.1, -0.05) is 12.1 Å². The van der Waals surface area contributed by atoms with Gasteiger partial charge in [0.05, 0.1) is 0 Å². The van der Waals surface area contributed by atoms with Crippen LogP contribution in [0.15, 0.2) is 24.3 Å². The largest absolute Gasteiger partial charge is 0.372 e. The number of anilines is 1. The Bertz CT molecular complexity index is 340. The number of carbonyl (C=O) groups excluding carboxylic acids is 1. The molecule has 0 heterocycles. The topological polar surface area (TPSA) is 50.4 Å². The van der Waals surface area contributed by atoms with E-state index in [-0.39, 0.29) is 12.5 Å². The summed E-state index contributed by atoms with van der Waals surface area (Å²) in [4.78, 5) is 11.4. The number of benzene rings is 1. The average molecular weight is 222 g/mol. The van der Waals surface area contributed by atoms with Gasteiger partial charge in [-0.15, -0.1) is 0 Å². The van der Waals surface area contributed by atoms with Crippen LogP contribution in [-0.4, -0.2) is 26.2 Å². The average Bonchev–Trinajstić information content (AvgIpc) is 2.27. The first-order chi connectivity index (χ1) is 7.76. The van der Waals surface area contributed by atoms with E-state index < -0.39 is 0 Å². The second-order valence-corrected chi connectivity index (χ2v) is 3.42. The lowest BCUT2D eigenvalue weighted by Crippen LogP contribution is -2.18. The highest BCUT2D eigenvalue weighted by molar-refractivity contribution is 5.91. The van der Waals surface area contributed by atoms with E-state index in [9.17, 15) is 4.79 Å². The summed E-state index contributed by atoms with van der Waals surface area (Å²) in [5, 5.41) is 5.85. The molecule has 1 aromatic rings. The van der Waals surface area contributed by atoms with Crippen LogP contribution in [0.3, 0.4) is 0 Å². The number of ether oxygens (including phenoxy) is 1. The van der Waals surface area contributed by atoms with E-state index in [1.54, 1.807) is 0 Å². The molecule has 0 atom stereocenters. The molecule has 1 rings (SSSR count). The fraction of sp³-hybridized carbons (Fsp3) is 0.417. The standard InChI is InChI=1S/C12H18N2O2/c1-3-16-9-12(15)14-11-6-4-5-10(7-11)8-13-2/h4-7,13H,3,8-9H2,1-2H3,(H,14,15). The van der Waals surface area contributed by atoms with E-state index in [0.29, 0.717) is 6.61 Å². The molecular weight excluding hydrogens is 204 g/mol. The molecule has 16 heavy (non-hydrogen) atoms. The molecule has 0 saturated carbocycles. The molecule has 0 radical (unpaired) electrons. The van der Waals surface area contributed by atoms with Gasteiger partial charge >= 0.3 is 0 Å². The van der Waals surface area contributed by atoms with Crippen LogP contribution in [0.4, 0.5) is 5.69 Å². The van der Waals surface area contributed by atoms with Crippen molar-refractivity contribution in [2.75, 3.05) is 25.6 Å². The van der Waals surface area contributed by atoms with Crippen molar-refractivity contribution in [3.05, 3.63) is 29.8 Å². The Labute approximate surface area is 96.0 Å². The molecule has 0 bridgehead atoms. The van der Waals surface area contributed by atoms with Gasteiger partial charge in [-0.2, -0.15) is 0 Å². The van der Waals surface area contributed by atoms with Crippen LogP contribution in [0.25, 0.3) is 0 Å². The Kier molecular flexibility index (Phi) is 5.53. The van der Waals surface area contributed by atoms with Crippen molar-refractivity contribution >= 4 is 11.6 Å². The summed E-state index contributed by atoms with van der Waals surface area (Å²) in [7, 11) is 1.89. The van der Waals surface area contributed by atoms with Crippen molar-refractivity contribution in [1.82, 2.24) is 5.32 Å². The molecule has 2 N–H and O–H groups in total. The van der Waals surface area contributed by atoms with Crippen LogP contribution in [0, 0.1) is 0 Å². The number of rotatable bonds is 6. The Morgan fingerprint density at radius 1 is 1.44 bits per heavy atom. The van der Waals surface area contributed by atoms with Crippen molar-refractivity contribution in [3.63, 3.8) is 0 Å². The highest BCUT2D eigenvalue weighted by Crippen LogP contribution is 2.10. The van der Waals surface area contributed by atoms with Gasteiger partial charge in [0.15, 0.2) is 0 Å². The van der Waals surface area contributed by atoms with Crippen LogP contribution in [0.1, 0.15) is 12.5 Å². The van der Waals surface area contributed by atoms with Crippen molar-refractivity contribution in [3.8, 4) is 0 Å². The lowest BCUT2D eigenvalue weighted by Gasteiger charge is -2.07. The monoisotopic (exact) mass is 222 g/mol. The minimum Gasteiger partial charge on any atom is -0.372 e. The summed E-state index contributed by atoms with van der Waals surface area (Å²) in [5.41, 5.74) is 1.94. The van der Waals surface area contributed by atoms with Gasteiger partial charge in [0.2, 0.25) is 5.91 Å². The number of hydrogen-bond acceptors (Lipinski definition) is 3. The Morgan fingerprint density at radius 2 is 2.25 bits per heavy atom. The predicted octanol–water partition coefficient (Wildman–Crippen LogP) is 1.38. The predicted molar refractivity (Wildman–Crippen MR) is 64.3 cm³/mol. The third-order valence-corrected chi connectivity index (χ3v) is 2.03. The molecular formula is C12H18N2O2. The van der Waals surface area contributed by atoms with Crippen molar-refractivity contribution in [2.24, 2.45) is 0 Å². The first kappa shape index (κ1) is 12.7. The third kappa shape index (κ3) is 4.42. The van der Waals surface area contributed by atoms with E-state index in [1.165, 1.54) is 0 Å². The molecule has 0 aliphatic heterocycles. The van der Waals surface area contributed by atoms with Gasteiger partial charge in [-0.3, -0.25) is 4.79 Å². The number of nitrogens with one attached hydrogen (secondary N) is 2. The van der Waals surface area contributed by atoms with Crippen molar-refractivity contribution < 1.29 is 9.53 Å². The van der Waals surface area contributed by atoms with E-state index >= 15 is 0 Å². The van der Waals surface area contributed by atoms with E-state index in [0.717, 1.165) is 17.8 Å². The number of amides is 1. The molecule has 0 aromatic heterocycles. The zero-order valence-electron chi connectivity index (χ0n) is 9.75. The molecule has 0 spiro atoms. The summed E-state index contributed by atoms with van der Waals surface area (Å²) in [6.07, 6.45) is 0. The molecule has 4 nitrogen and oxygen atoms in total. The SMILES string of the molecule is CCOCC(=O)Nc1cccc(CNC)c1. The summed E-state index contributed by atoms with van der Waals surface area (Å²) in [6.45, 7) is 3.30. The molecule has 4 heteroatoms. The van der Waals surface area contributed by atoms with Crippen LogP contribution in [0.5, 0.6) is 0 Å². The first-order valence-electron chi connectivity index (χ1n) is 5.37. The molecule has 0 unspecified atom stereocenters. The second-order valence-electron chi connectivity index (χ2n) is 3.42. The number of hydrogen-bond donors (Lipinski definition) is 2. The van der Waals surface area contributed by atoms with Crippen molar-refractivity contribution in [2.45, 2.75) is 13.5 Å². The maximum absolute atomic E-state index is 11.4. The molecule has 0 aliphatic rings.